The fourth-order valence-corrected chi connectivity index (χ4v) is 3.61. The monoisotopic (exact) mass is 397 g/mol. The zero-order valence-electron chi connectivity index (χ0n) is 14.7. The van der Waals surface area contributed by atoms with Crippen LogP contribution in [0, 0.1) is 0 Å². The number of halogens is 1. The quantitative estimate of drug-likeness (QED) is 0.803. The first kappa shape index (κ1) is 20.6. The molecule has 1 saturated heterocycles. The van der Waals surface area contributed by atoms with E-state index < -0.39 is 9.84 Å². The molecule has 1 atom stereocenters. The molecule has 0 radical (unpaired) electrons. The van der Waals surface area contributed by atoms with Gasteiger partial charge in [0.2, 0.25) is 0 Å². The van der Waals surface area contributed by atoms with Gasteiger partial charge in [-0.3, -0.25) is 9.88 Å². The first-order valence-corrected chi connectivity index (χ1v) is 10.2. The Balaban J connectivity index is 0.00000243. The van der Waals surface area contributed by atoms with Crippen LogP contribution in [0.3, 0.4) is 0 Å². The van der Waals surface area contributed by atoms with Crippen LogP contribution >= 0.6 is 12.4 Å². The molecule has 1 unspecified atom stereocenters. The van der Waals surface area contributed by atoms with Gasteiger partial charge < -0.3 is 10.1 Å². The van der Waals surface area contributed by atoms with E-state index in [1.165, 1.54) is 11.8 Å². The third kappa shape index (κ3) is 5.41. The molecule has 0 aliphatic carbocycles. The minimum Gasteiger partial charge on any atom is -0.492 e. The predicted molar refractivity (Wildman–Crippen MR) is 104 cm³/mol. The third-order valence-corrected chi connectivity index (χ3v) is 5.45. The molecule has 0 saturated carbocycles. The highest BCUT2D eigenvalue weighted by molar-refractivity contribution is 7.90. The number of sulfone groups is 1. The van der Waals surface area contributed by atoms with Crippen LogP contribution in [-0.2, 0) is 9.84 Å². The first-order chi connectivity index (χ1) is 12.0. The molecule has 0 bridgehead atoms. The number of piperazine rings is 1. The van der Waals surface area contributed by atoms with Crippen molar-refractivity contribution in [3.05, 3.63) is 54.4 Å². The minimum absolute atomic E-state index is 0. The maximum absolute atomic E-state index is 11.5. The van der Waals surface area contributed by atoms with Gasteiger partial charge in [0.05, 0.1) is 4.90 Å². The number of hydrogen-bond donors (Lipinski definition) is 1. The SMILES string of the molecule is CS(=O)(=O)c1ccc(OCCN2CCNCC2c2cccnc2)cc1.Cl. The number of pyridine rings is 1. The lowest BCUT2D eigenvalue weighted by Gasteiger charge is -2.36. The molecule has 1 aromatic carbocycles. The normalized spacial score (nSPS) is 18.1. The molecule has 2 heterocycles. The summed E-state index contributed by atoms with van der Waals surface area (Å²) in [6.45, 7) is 4.16. The van der Waals surface area contributed by atoms with Crippen molar-refractivity contribution in [3.8, 4) is 5.75 Å². The van der Waals surface area contributed by atoms with Gasteiger partial charge >= 0.3 is 0 Å². The molecular formula is C18H24ClN3O3S. The molecule has 1 aliphatic rings. The molecule has 0 amide bonds. The van der Waals surface area contributed by atoms with Gasteiger partial charge in [-0.15, -0.1) is 12.4 Å². The van der Waals surface area contributed by atoms with Gasteiger partial charge in [0.25, 0.3) is 0 Å². The van der Waals surface area contributed by atoms with Crippen LogP contribution in [-0.4, -0.2) is 57.3 Å². The van der Waals surface area contributed by atoms with Crippen LogP contribution in [0.4, 0.5) is 0 Å². The van der Waals surface area contributed by atoms with Gasteiger partial charge in [-0.1, -0.05) is 6.07 Å². The standard InChI is InChI=1S/C18H23N3O3S.ClH/c1-25(22,23)17-6-4-16(5-7-17)24-12-11-21-10-9-20-14-18(21)15-3-2-8-19-13-15;/h2-8,13,18,20H,9-12,14H2,1H3;1H. The van der Waals surface area contributed by atoms with Crippen molar-refractivity contribution < 1.29 is 13.2 Å². The van der Waals surface area contributed by atoms with Gasteiger partial charge in [0.1, 0.15) is 12.4 Å². The van der Waals surface area contributed by atoms with E-state index in [-0.39, 0.29) is 12.4 Å². The number of rotatable bonds is 6. The predicted octanol–water partition coefficient (Wildman–Crippen LogP) is 1.93. The molecule has 1 aromatic heterocycles. The number of hydrogen-bond acceptors (Lipinski definition) is 6. The summed E-state index contributed by atoms with van der Waals surface area (Å²) in [5.74, 6) is 0.681. The summed E-state index contributed by atoms with van der Waals surface area (Å²) in [7, 11) is -3.17. The lowest BCUT2D eigenvalue weighted by Crippen LogP contribution is -2.47. The maximum atomic E-state index is 11.5. The maximum Gasteiger partial charge on any atom is 0.175 e. The smallest absolute Gasteiger partial charge is 0.175 e. The van der Waals surface area contributed by atoms with E-state index in [4.69, 9.17) is 4.74 Å². The second kappa shape index (κ2) is 9.32. The van der Waals surface area contributed by atoms with Crippen molar-refractivity contribution in [2.45, 2.75) is 10.9 Å². The number of nitrogens with one attached hydrogen (secondary N) is 1. The number of nitrogens with zero attached hydrogens (tertiary/aromatic N) is 2. The molecule has 1 fully saturated rings. The van der Waals surface area contributed by atoms with Crippen molar-refractivity contribution in [1.82, 2.24) is 15.2 Å². The van der Waals surface area contributed by atoms with Crippen LogP contribution in [0.25, 0.3) is 0 Å². The average Bonchev–Trinajstić information content (AvgIpc) is 2.63. The summed E-state index contributed by atoms with van der Waals surface area (Å²) in [6, 6.07) is 10.9. The van der Waals surface area contributed by atoms with Gasteiger partial charge in [0, 0.05) is 50.9 Å². The van der Waals surface area contributed by atoms with Gasteiger partial charge in [-0.2, -0.15) is 0 Å². The zero-order chi connectivity index (χ0) is 17.7. The molecule has 1 aliphatic heterocycles. The summed E-state index contributed by atoms with van der Waals surface area (Å²) >= 11 is 0. The fraction of sp³-hybridized carbons (Fsp3) is 0.389. The van der Waals surface area contributed by atoms with Crippen LogP contribution < -0.4 is 10.1 Å². The van der Waals surface area contributed by atoms with Gasteiger partial charge in [0.15, 0.2) is 9.84 Å². The number of benzene rings is 1. The van der Waals surface area contributed by atoms with Crippen LogP contribution in [0.1, 0.15) is 11.6 Å². The molecule has 1 N–H and O–H groups in total. The Morgan fingerprint density at radius 2 is 2.04 bits per heavy atom. The Morgan fingerprint density at radius 3 is 2.69 bits per heavy atom. The highest BCUT2D eigenvalue weighted by Gasteiger charge is 2.23. The summed E-state index contributed by atoms with van der Waals surface area (Å²) in [5, 5.41) is 3.42. The number of ether oxygens (including phenoxy) is 1. The van der Waals surface area contributed by atoms with Crippen LogP contribution in [0.2, 0.25) is 0 Å². The van der Waals surface area contributed by atoms with Gasteiger partial charge in [-0.25, -0.2) is 8.42 Å². The van der Waals surface area contributed by atoms with E-state index in [2.05, 4.69) is 21.3 Å². The molecule has 2 aromatic rings. The average molecular weight is 398 g/mol. The minimum atomic E-state index is -3.17. The molecule has 6 nitrogen and oxygen atoms in total. The van der Waals surface area contributed by atoms with E-state index in [1.807, 2.05) is 12.3 Å². The van der Waals surface area contributed by atoms with Crippen molar-refractivity contribution in [2.24, 2.45) is 0 Å². The second-order valence-electron chi connectivity index (χ2n) is 6.13. The topological polar surface area (TPSA) is 71.5 Å². The van der Waals surface area contributed by atoms with E-state index in [0.717, 1.165) is 26.2 Å². The Kier molecular flexibility index (Phi) is 7.40. The van der Waals surface area contributed by atoms with E-state index >= 15 is 0 Å². The molecule has 3 rings (SSSR count). The van der Waals surface area contributed by atoms with E-state index in [9.17, 15) is 8.42 Å². The van der Waals surface area contributed by atoms with E-state index in [0.29, 0.717) is 23.3 Å². The Labute approximate surface area is 160 Å². The lowest BCUT2D eigenvalue weighted by molar-refractivity contribution is 0.134. The van der Waals surface area contributed by atoms with Crippen LogP contribution in [0.5, 0.6) is 5.75 Å². The number of aromatic nitrogens is 1. The van der Waals surface area contributed by atoms with Crippen molar-refractivity contribution in [1.29, 1.82) is 0 Å². The van der Waals surface area contributed by atoms with Crippen molar-refractivity contribution >= 4 is 22.2 Å². The fourth-order valence-electron chi connectivity index (χ4n) is 2.98. The summed E-state index contributed by atoms with van der Waals surface area (Å²) < 4.78 is 28.7. The molecular weight excluding hydrogens is 374 g/mol. The summed E-state index contributed by atoms with van der Waals surface area (Å²) in [6.07, 6.45) is 4.90. The molecule has 0 spiro atoms. The summed E-state index contributed by atoms with van der Waals surface area (Å²) in [5.41, 5.74) is 1.20. The molecule has 142 valence electrons. The second-order valence-corrected chi connectivity index (χ2v) is 8.15. The zero-order valence-corrected chi connectivity index (χ0v) is 16.3. The van der Waals surface area contributed by atoms with Crippen LogP contribution in [0.15, 0.2) is 53.7 Å². The summed E-state index contributed by atoms with van der Waals surface area (Å²) in [4.78, 5) is 6.91. The van der Waals surface area contributed by atoms with E-state index in [1.54, 1.807) is 30.5 Å². The first-order valence-electron chi connectivity index (χ1n) is 8.31. The highest BCUT2D eigenvalue weighted by Crippen LogP contribution is 2.21. The van der Waals surface area contributed by atoms with Gasteiger partial charge in [-0.05, 0) is 35.9 Å². The highest BCUT2D eigenvalue weighted by atomic mass is 35.5. The largest absolute Gasteiger partial charge is 0.492 e. The molecule has 8 heteroatoms. The lowest BCUT2D eigenvalue weighted by atomic mass is 10.1. The van der Waals surface area contributed by atoms with Crippen molar-refractivity contribution in [3.63, 3.8) is 0 Å². The Morgan fingerprint density at radius 1 is 1.27 bits per heavy atom. The van der Waals surface area contributed by atoms with Crippen molar-refractivity contribution in [2.75, 3.05) is 39.0 Å². The Hall–Kier alpha value is -1.67. The molecule has 26 heavy (non-hydrogen) atoms. The Bertz CT molecular complexity index is 785. The third-order valence-electron chi connectivity index (χ3n) is 4.32.